The van der Waals surface area contributed by atoms with Gasteiger partial charge in [0.25, 0.3) is 10.0 Å². The topological polar surface area (TPSA) is 111 Å². The Hall–Kier alpha value is -2.27. The van der Waals surface area contributed by atoms with Crippen LogP contribution in [0.25, 0.3) is 0 Å². The second-order valence-electron chi connectivity index (χ2n) is 7.24. The Labute approximate surface area is 161 Å². The molecule has 1 aromatic rings. The molecule has 0 heterocycles. The van der Waals surface area contributed by atoms with E-state index in [1.54, 1.807) is 26.0 Å². The molecule has 0 saturated heterocycles. The molecule has 8 heteroatoms. The van der Waals surface area contributed by atoms with Crippen molar-refractivity contribution in [3.05, 3.63) is 23.8 Å². The van der Waals surface area contributed by atoms with Gasteiger partial charge in [-0.3, -0.25) is 0 Å². The third kappa shape index (κ3) is 6.43. The minimum Gasteiger partial charge on any atom is -0.381 e. The van der Waals surface area contributed by atoms with Crippen LogP contribution >= 0.6 is 0 Å². The molecule has 148 valence electrons. The lowest BCUT2D eigenvalue weighted by atomic mass is 9.96. The zero-order valence-electron chi connectivity index (χ0n) is 15.9. The van der Waals surface area contributed by atoms with Crippen LogP contribution in [0.3, 0.4) is 0 Å². The Morgan fingerprint density at radius 1 is 1.15 bits per heavy atom. The van der Waals surface area contributed by atoms with Gasteiger partial charge in [0, 0.05) is 12.1 Å². The Morgan fingerprint density at radius 3 is 2.37 bits per heavy atom. The number of amides is 2. The van der Waals surface area contributed by atoms with Gasteiger partial charge in [-0.05, 0) is 44.9 Å². The van der Waals surface area contributed by atoms with Crippen LogP contribution in [0.15, 0.2) is 23.1 Å². The van der Waals surface area contributed by atoms with E-state index in [0.717, 1.165) is 25.7 Å². The van der Waals surface area contributed by atoms with Crippen LogP contribution in [0, 0.1) is 11.3 Å². The Kier molecular flexibility index (Phi) is 7.48. The summed E-state index contributed by atoms with van der Waals surface area (Å²) < 4.78 is 27.5. The van der Waals surface area contributed by atoms with Crippen molar-refractivity contribution in [2.24, 2.45) is 0 Å². The smallest absolute Gasteiger partial charge is 0.328 e. The summed E-state index contributed by atoms with van der Waals surface area (Å²) in [5.41, 5.74) is 0.646. The molecule has 7 nitrogen and oxygen atoms in total. The molecule has 0 atom stereocenters. The highest BCUT2D eigenvalue weighted by atomic mass is 32.2. The number of urea groups is 1. The van der Waals surface area contributed by atoms with E-state index >= 15 is 0 Å². The molecule has 1 aromatic carbocycles. The fraction of sp³-hybridized carbons (Fsp3) is 0.579. The van der Waals surface area contributed by atoms with Gasteiger partial charge in [0.2, 0.25) is 0 Å². The molecule has 1 aliphatic rings. The lowest BCUT2D eigenvalue weighted by Gasteiger charge is -2.23. The lowest BCUT2D eigenvalue weighted by molar-refractivity contribution is 0.243. The maximum absolute atomic E-state index is 12.8. The van der Waals surface area contributed by atoms with Crippen molar-refractivity contribution < 1.29 is 13.2 Å². The predicted molar refractivity (Wildman–Crippen MR) is 105 cm³/mol. The van der Waals surface area contributed by atoms with E-state index in [2.05, 4.69) is 10.6 Å². The normalized spacial score (nSPS) is 16.1. The highest BCUT2D eigenvalue weighted by Gasteiger charge is 2.24. The van der Waals surface area contributed by atoms with Gasteiger partial charge in [0.05, 0.1) is 17.3 Å². The second-order valence-corrected chi connectivity index (χ2v) is 8.89. The average molecular weight is 393 g/mol. The molecule has 0 radical (unpaired) electrons. The maximum atomic E-state index is 12.8. The molecule has 3 N–H and O–H groups in total. The number of rotatable bonds is 5. The number of benzene rings is 1. The number of carbonyl (C=O) groups excluding carboxylic acids is 1. The van der Waals surface area contributed by atoms with E-state index in [0.29, 0.717) is 5.69 Å². The number of anilines is 1. The molecule has 2 rings (SSSR count). The van der Waals surface area contributed by atoms with E-state index in [9.17, 15) is 13.2 Å². The first-order valence-electron chi connectivity index (χ1n) is 9.46. The summed E-state index contributed by atoms with van der Waals surface area (Å²) in [4.78, 5) is 11.8. The number of nitriles is 1. The highest BCUT2D eigenvalue weighted by molar-refractivity contribution is 7.90. The van der Waals surface area contributed by atoms with Crippen molar-refractivity contribution in [3.63, 3.8) is 0 Å². The van der Waals surface area contributed by atoms with Crippen LogP contribution < -0.4 is 15.4 Å². The lowest BCUT2D eigenvalue weighted by Crippen LogP contribution is -2.42. The minimum absolute atomic E-state index is 0.0810. The van der Waals surface area contributed by atoms with Crippen LogP contribution in [-0.4, -0.2) is 26.5 Å². The van der Waals surface area contributed by atoms with E-state index in [4.69, 9.17) is 5.26 Å². The molecule has 0 bridgehead atoms. The third-order valence-corrected chi connectivity index (χ3v) is 5.88. The molecule has 0 spiro atoms. The summed E-state index contributed by atoms with van der Waals surface area (Å²) >= 11 is 0. The summed E-state index contributed by atoms with van der Waals surface area (Å²) in [6.07, 6.45) is 7.77. The fourth-order valence-electron chi connectivity index (χ4n) is 3.22. The monoisotopic (exact) mass is 392 g/mol. The standard InChI is InChI=1S/C19H28N4O3S/c1-14(2)21-19(24)23-27(25,26)18-12-15(13-20)10-11-17(18)22-16-8-6-4-3-5-7-9-16/h10-12,14,16,22H,3-9H2,1-2H3,(H2,21,23,24). The van der Waals surface area contributed by atoms with Crippen molar-refractivity contribution in [1.29, 1.82) is 5.26 Å². The Bertz CT molecular complexity index is 792. The van der Waals surface area contributed by atoms with Crippen LogP contribution in [0.4, 0.5) is 10.5 Å². The quantitative estimate of drug-likeness (QED) is 0.710. The number of carbonyl (C=O) groups is 1. The number of hydrogen-bond donors (Lipinski definition) is 3. The number of nitrogens with zero attached hydrogens (tertiary/aromatic N) is 1. The Balaban J connectivity index is 2.27. The summed E-state index contributed by atoms with van der Waals surface area (Å²) in [5, 5.41) is 15.0. The molecule has 0 unspecified atom stereocenters. The molecular formula is C19H28N4O3S. The van der Waals surface area contributed by atoms with Crippen molar-refractivity contribution in [2.45, 2.75) is 75.8 Å². The van der Waals surface area contributed by atoms with Crippen molar-refractivity contribution in [1.82, 2.24) is 10.0 Å². The van der Waals surface area contributed by atoms with Crippen molar-refractivity contribution in [3.8, 4) is 6.07 Å². The largest absolute Gasteiger partial charge is 0.381 e. The minimum atomic E-state index is -4.11. The maximum Gasteiger partial charge on any atom is 0.328 e. The molecule has 27 heavy (non-hydrogen) atoms. The fourth-order valence-corrected chi connectivity index (χ4v) is 4.33. The predicted octanol–water partition coefficient (Wildman–Crippen LogP) is 3.48. The van der Waals surface area contributed by atoms with Crippen molar-refractivity contribution in [2.75, 3.05) is 5.32 Å². The first-order valence-corrected chi connectivity index (χ1v) is 10.9. The summed E-state index contributed by atoms with van der Waals surface area (Å²) in [6.45, 7) is 3.48. The molecule has 1 aliphatic carbocycles. The van der Waals surface area contributed by atoms with Crippen LogP contribution in [0.5, 0.6) is 0 Å². The van der Waals surface area contributed by atoms with Crippen LogP contribution in [-0.2, 0) is 10.0 Å². The summed E-state index contributed by atoms with van der Waals surface area (Å²) in [7, 11) is -4.11. The van der Waals surface area contributed by atoms with E-state index in [1.165, 1.54) is 25.3 Å². The SMILES string of the molecule is CC(C)NC(=O)NS(=O)(=O)c1cc(C#N)ccc1NC1CCCCCCC1. The Morgan fingerprint density at radius 2 is 1.78 bits per heavy atom. The summed E-state index contributed by atoms with van der Waals surface area (Å²) in [5.74, 6) is 0. The van der Waals surface area contributed by atoms with Gasteiger partial charge >= 0.3 is 6.03 Å². The van der Waals surface area contributed by atoms with Gasteiger partial charge in [-0.1, -0.05) is 32.1 Å². The number of hydrogen-bond acceptors (Lipinski definition) is 5. The van der Waals surface area contributed by atoms with Gasteiger partial charge in [0.15, 0.2) is 0 Å². The number of nitrogens with one attached hydrogen (secondary N) is 3. The molecule has 1 saturated carbocycles. The van der Waals surface area contributed by atoms with Gasteiger partial charge in [0.1, 0.15) is 4.90 Å². The van der Waals surface area contributed by atoms with E-state index < -0.39 is 16.1 Å². The van der Waals surface area contributed by atoms with Crippen molar-refractivity contribution >= 4 is 21.7 Å². The zero-order valence-corrected chi connectivity index (χ0v) is 16.7. The van der Waals surface area contributed by atoms with E-state index in [-0.39, 0.29) is 22.5 Å². The van der Waals surface area contributed by atoms with Gasteiger partial charge in [-0.2, -0.15) is 5.26 Å². The molecule has 2 amide bonds. The van der Waals surface area contributed by atoms with Gasteiger partial charge in [-0.15, -0.1) is 0 Å². The first-order chi connectivity index (χ1) is 12.8. The molecular weight excluding hydrogens is 364 g/mol. The highest BCUT2D eigenvalue weighted by Crippen LogP contribution is 2.26. The molecule has 0 aromatic heterocycles. The van der Waals surface area contributed by atoms with Crippen LogP contribution in [0.1, 0.15) is 64.4 Å². The zero-order chi connectivity index (χ0) is 19.9. The summed E-state index contributed by atoms with van der Waals surface area (Å²) in [6, 6.07) is 5.63. The molecule has 0 aliphatic heterocycles. The average Bonchev–Trinajstić information content (AvgIpc) is 2.56. The van der Waals surface area contributed by atoms with Crippen LogP contribution in [0.2, 0.25) is 0 Å². The first kappa shape index (κ1) is 21.0. The second kappa shape index (κ2) is 9.60. The third-order valence-electron chi connectivity index (χ3n) is 4.51. The van der Waals surface area contributed by atoms with Gasteiger partial charge in [-0.25, -0.2) is 17.9 Å². The number of sulfonamides is 1. The van der Waals surface area contributed by atoms with E-state index in [1.807, 2.05) is 10.8 Å². The molecule has 1 fully saturated rings. The van der Waals surface area contributed by atoms with Gasteiger partial charge < -0.3 is 10.6 Å².